The van der Waals surface area contributed by atoms with Gasteiger partial charge in [0.15, 0.2) is 16.3 Å². The Kier molecular flexibility index (Phi) is 2.79. The van der Waals surface area contributed by atoms with Crippen LogP contribution in [-0.4, -0.2) is 50.5 Å². The molecule has 0 aliphatic rings. The number of aromatic nitrogens is 5. The van der Waals surface area contributed by atoms with Crippen molar-refractivity contribution < 1.29 is 0 Å². The number of halogens is 1. The lowest BCUT2D eigenvalue weighted by Crippen LogP contribution is -2.19. The standard InChI is InChI=1S/C8H11ClN6/c1-14(2)3-4-15-8-6(12-13-15)7(9)10-5-11-8/h5H,3-4H2,1-2H3. The van der Waals surface area contributed by atoms with Crippen molar-refractivity contribution in [2.45, 2.75) is 6.54 Å². The zero-order valence-corrected chi connectivity index (χ0v) is 9.31. The maximum atomic E-state index is 5.86. The van der Waals surface area contributed by atoms with E-state index in [1.807, 2.05) is 14.1 Å². The van der Waals surface area contributed by atoms with E-state index in [0.29, 0.717) is 16.3 Å². The van der Waals surface area contributed by atoms with Crippen molar-refractivity contribution in [1.82, 2.24) is 29.9 Å². The Balaban J connectivity index is 2.33. The summed E-state index contributed by atoms with van der Waals surface area (Å²) in [5, 5.41) is 8.26. The zero-order valence-electron chi connectivity index (χ0n) is 8.55. The van der Waals surface area contributed by atoms with Crippen LogP contribution in [0.1, 0.15) is 0 Å². The SMILES string of the molecule is CN(C)CCn1nnc2c(Cl)ncnc21. The highest BCUT2D eigenvalue weighted by Crippen LogP contribution is 2.15. The summed E-state index contributed by atoms with van der Waals surface area (Å²) in [6.07, 6.45) is 1.42. The fourth-order valence-electron chi connectivity index (χ4n) is 1.21. The smallest absolute Gasteiger partial charge is 0.183 e. The molecular weight excluding hydrogens is 216 g/mol. The molecule has 0 atom stereocenters. The molecule has 0 aliphatic carbocycles. The van der Waals surface area contributed by atoms with Crippen LogP contribution >= 0.6 is 11.6 Å². The molecule has 0 saturated carbocycles. The van der Waals surface area contributed by atoms with Crippen LogP contribution in [0.3, 0.4) is 0 Å². The van der Waals surface area contributed by atoms with Crippen molar-refractivity contribution >= 4 is 22.8 Å². The van der Waals surface area contributed by atoms with Gasteiger partial charge in [0.1, 0.15) is 6.33 Å². The van der Waals surface area contributed by atoms with E-state index >= 15 is 0 Å². The van der Waals surface area contributed by atoms with Crippen LogP contribution in [0.15, 0.2) is 6.33 Å². The quantitative estimate of drug-likeness (QED) is 0.711. The number of likely N-dealkylation sites (N-methyl/N-ethyl adjacent to an activating group) is 1. The molecule has 0 radical (unpaired) electrons. The molecule has 15 heavy (non-hydrogen) atoms. The largest absolute Gasteiger partial charge is 0.308 e. The minimum atomic E-state index is 0.344. The van der Waals surface area contributed by atoms with E-state index in [1.165, 1.54) is 6.33 Å². The molecule has 2 aromatic heterocycles. The molecule has 0 amide bonds. The Morgan fingerprint density at radius 2 is 2.20 bits per heavy atom. The van der Waals surface area contributed by atoms with Gasteiger partial charge in [-0.15, -0.1) is 5.10 Å². The van der Waals surface area contributed by atoms with E-state index in [2.05, 4.69) is 25.2 Å². The Labute approximate surface area is 91.9 Å². The summed E-state index contributed by atoms with van der Waals surface area (Å²) in [7, 11) is 4.00. The van der Waals surface area contributed by atoms with Gasteiger partial charge in [-0.2, -0.15) is 0 Å². The van der Waals surface area contributed by atoms with Crippen molar-refractivity contribution in [2.24, 2.45) is 0 Å². The molecule has 2 aromatic rings. The summed E-state index contributed by atoms with van der Waals surface area (Å²) in [6, 6.07) is 0. The Bertz CT molecular complexity index is 465. The number of rotatable bonds is 3. The van der Waals surface area contributed by atoms with Crippen LogP contribution in [0.5, 0.6) is 0 Å². The fourth-order valence-corrected chi connectivity index (χ4v) is 1.38. The van der Waals surface area contributed by atoms with Crippen LogP contribution in [0.4, 0.5) is 0 Å². The van der Waals surface area contributed by atoms with Gasteiger partial charge in [-0.25, -0.2) is 14.6 Å². The summed E-state index contributed by atoms with van der Waals surface area (Å²) < 4.78 is 1.73. The lowest BCUT2D eigenvalue weighted by molar-refractivity contribution is 0.373. The molecule has 0 fully saturated rings. The second kappa shape index (κ2) is 4.08. The van der Waals surface area contributed by atoms with Gasteiger partial charge >= 0.3 is 0 Å². The van der Waals surface area contributed by atoms with Gasteiger partial charge in [0.2, 0.25) is 0 Å². The zero-order chi connectivity index (χ0) is 10.8. The van der Waals surface area contributed by atoms with Crippen LogP contribution in [-0.2, 0) is 6.54 Å². The second-order valence-corrected chi connectivity index (χ2v) is 3.81. The maximum absolute atomic E-state index is 5.86. The minimum absolute atomic E-state index is 0.344. The highest BCUT2D eigenvalue weighted by molar-refractivity contribution is 6.33. The predicted octanol–water partition coefficient (Wildman–Crippen LogP) is 0.436. The average molecular weight is 227 g/mol. The Hall–Kier alpha value is -1.27. The predicted molar refractivity (Wildman–Crippen MR) is 56.7 cm³/mol. The number of fused-ring (bicyclic) bond motifs is 1. The lowest BCUT2D eigenvalue weighted by Gasteiger charge is -2.08. The summed E-state index contributed by atoms with van der Waals surface area (Å²) in [6.45, 7) is 1.61. The molecule has 7 heteroatoms. The highest BCUT2D eigenvalue weighted by Gasteiger charge is 2.09. The molecule has 6 nitrogen and oxygen atoms in total. The molecular formula is C8H11ClN6. The first-order valence-corrected chi connectivity index (χ1v) is 4.90. The number of nitrogens with zero attached hydrogens (tertiary/aromatic N) is 6. The van der Waals surface area contributed by atoms with E-state index in [0.717, 1.165) is 13.1 Å². The molecule has 0 aliphatic heterocycles. The molecule has 80 valence electrons. The van der Waals surface area contributed by atoms with Crippen molar-refractivity contribution in [3.63, 3.8) is 0 Å². The monoisotopic (exact) mass is 226 g/mol. The lowest BCUT2D eigenvalue weighted by atomic mass is 10.5. The van der Waals surface area contributed by atoms with Crippen LogP contribution in [0, 0.1) is 0 Å². The molecule has 0 unspecified atom stereocenters. The van der Waals surface area contributed by atoms with E-state index in [9.17, 15) is 0 Å². The molecule has 0 N–H and O–H groups in total. The normalized spacial score (nSPS) is 11.5. The van der Waals surface area contributed by atoms with E-state index < -0.39 is 0 Å². The summed E-state index contributed by atoms with van der Waals surface area (Å²) in [5.41, 5.74) is 1.23. The van der Waals surface area contributed by atoms with E-state index in [4.69, 9.17) is 11.6 Å². The van der Waals surface area contributed by atoms with Crippen molar-refractivity contribution in [3.8, 4) is 0 Å². The molecule has 0 bridgehead atoms. The van der Waals surface area contributed by atoms with Crippen LogP contribution in [0.25, 0.3) is 11.2 Å². The maximum Gasteiger partial charge on any atom is 0.183 e. The first-order valence-electron chi connectivity index (χ1n) is 4.53. The highest BCUT2D eigenvalue weighted by atomic mass is 35.5. The molecule has 0 saturated heterocycles. The second-order valence-electron chi connectivity index (χ2n) is 3.45. The first-order chi connectivity index (χ1) is 7.18. The van der Waals surface area contributed by atoms with Gasteiger partial charge in [-0.1, -0.05) is 16.8 Å². The topological polar surface area (TPSA) is 59.7 Å². The van der Waals surface area contributed by atoms with Gasteiger partial charge in [-0.3, -0.25) is 0 Å². The Morgan fingerprint density at radius 1 is 1.40 bits per heavy atom. The fraction of sp³-hybridized carbons (Fsp3) is 0.500. The third-order valence-corrected chi connectivity index (χ3v) is 2.29. The third kappa shape index (κ3) is 2.05. The Morgan fingerprint density at radius 3 is 2.93 bits per heavy atom. The third-order valence-electron chi connectivity index (χ3n) is 2.01. The molecule has 2 heterocycles. The summed E-state index contributed by atoms with van der Waals surface area (Å²) in [4.78, 5) is 10.0. The van der Waals surface area contributed by atoms with Gasteiger partial charge in [0.25, 0.3) is 0 Å². The average Bonchev–Trinajstić information content (AvgIpc) is 2.59. The van der Waals surface area contributed by atoms with Crippen molar-refractivity contribution in [3.05, 3.63) is 11.5 Å². The van der Waals surface area contributed by atoms with E-state index in [1.54, 1.807) is 4.68 Å². The summed E-state index contributed by atoms with van der Waals surface area (Å²) in [5.74, 6) is 0. The molecule has 0 aromatic carbocycles. The van der Waals surface area contributed by atoms with Gasteiger partial charge in [0.05, 0.1) is 6.54 Å². The van der Waals surface area contributed by atoms with Crippen molar-refractivity contribution in [2.75, 3.05) is 20.6 Å². The van der Waals surface area contributed by atoms with Crippen LogP contribution < -0.4 is 0 Å². The van der Waals surface area contributed by atoms with Gasteiger partial charge in [0, 0.05) is 6.54 Å². The van der Waals surface area contributed by atoms with Gasteiger partial charge in [-0.05, 0) is 14.1 Å². The van der Waals surface area contributed by atoms with Gasteiger partial charge < -0.3 is 4.90 Å². The van der Waals surface area contributed by atoms with E-state index in [-0.39, 0.29) is 0 Å². The van der Waals surface area contributed by atoms with Crippen molar-refractivity contribution in [1.29, 1.82) is 0 Å². The van der Waals surface area contributed by atoms with Crippen LogP contribution in [0.2, 0.25) is 5.15 Å². The molecule has 2 rings (SSSR count). The summed E-state index contributed by atoms with van der Waals surface area (Å²) >= 11 is 5.86. The minimum Gasteiger partial charge on any atom is -0.308 e. The first kappa shape index (κ1) is 10.3. The number of hydrogen-bond acceptors (Lipinski definition) is 5. The number of hydrogen-bond donors (Lipinski definition) is 0. The molecule has 0 spiro atoms.